The number of allylic oxidation sites excluding steroid dienone is 3. The first-order chi connectivity index (χ1) is 14.1. The second-order valence-electron chi connectivity index (χ2n) is 8.87. The molecule has 0 saturated carbocycles. The van der Waals surface area contributed by atoms with E-state index in [1.54, 1.807) is 0 Å². The Kier molecular flexibility index (Phi) is 8.87. The van der Waals surface area contributed by atoms with Crippen molar-refractivity contribution in [2.24, 2.45) is 5.92 Å². The fourth-order valence-electron chi connectivity index (χ4n) is 4.08. The summed E-state index contributed by atoms with van der Waals surface area (Å²) < 4.78 is 37.0. The molecule has 2 rings (SSSR count). The summed E-state index contributed by atoms with van der Waals surface area (Å²) in [5, 5.41) is 3.36. The first kappa shape index (κ1) is 24.4. The predicted octanol–water partition coefficient (Wildman–Crippen LogP) is 6.74. The molecule has 1 N–H and O–H groups in total. The highest BCUT2D eigenvalue weighted by molar-refractivity contribution is 6.38. The SMILES string of the molecule is C=C(CCCC(F)(F)F)NC1BCc2c(cccc2C(=C)CCCC(=C)C(C)C)C1. The number of fused-ring (bicyclic) bond motifs is 1. The van der Waals surface area contributed by atoms with Crippen molar-refractivity contribution in [1.29, 1.82) is 0 Å². The van der Waals surface area contributed by atoms with Crippen LogP contribution in [0.25, 0.3) is 5.57 Å². The van der Waals surface area contributed by atoms with Crippen LogP contribution >= 0.6 is 0 Å². The van der Waals surface area contributed by atoms with E-state index < -0.39 is 12.6 Å². The van der Waals surface area contributed by atoms with Crippen molar-refractivity contribution in [1.82, 2.24) is 5.32 Å². The molecule has 1 aromatic carbocycles. The van der Waals surface area contributed by atoms with E-state index in [0.717, 1.165) is 39.3 Å². The van der Waals surface area contributed by atoms with Crippen LogP contribution in [0.2, 0.25) is 0 Å². The second-order valence-corrected chi connectivity index (χ2v) is 8.87. The summed E-state index contributed by atoms with van der Waals surface area (Å²) in [5.74, 6) is 0.754. The Morgan fingerprint density at radius 1 is 1.13 bits per heavy atom. The van der Waals surface area contributed by atoms with Crippen molar-refractivity contribution in [2.45, 2.75) is 77.2 Å². The van der Waals surface area contributed by atoms with Crippen LogP contribution in [0.4, 0.5) is 13.2 Å². The molecule has 1 atom stereocenters. The summed E-state index contributed by atoms with van der Waals surface area (Å²) >= 11 is 0. The smallest absolute Gasteiger partial charge is 0.389 e. The Morgan fingerprint density at radius 3 is 2.53 bits per heavy atom. The van der Waals surface area contributed by atoms with Gasteiger partial charge in [-0.1, -0.05) is 57.4 Å². The molecule has 0 aliphatic carbocycles. The molecular formula is C25H35BF3N. The molecule has 0 bridgehead atoms. The van der Waals surface area contributed by atoms with E-state index >= 15 is 0 Å². The normalized spacial score (nSPS) is 16.0. The van der Waals surface area contributed by atoms with E-state index in [0.29, 0.717) is 18.0 Å². The van der Waals surface area contributed by atoms with Crippen LogP contribution in [0.15, 0.2) is 49.2 Å². The van der Waals surface area contributed by atoms with Gasteiger partial charge in [-0.15, -0.1) is 0 Å². The van der Waals surface area contributed by atoms with Gasteiger partial charge in [-0.25, -0.2) is 0 Å². The first-order valence-corrected chi connectivity index (χ1v) is 11.0. The van der Waals surface area contributed by atoms with Gasteiger partial charge in [-0.2, -0.15) is 13.2 Å². The maximum absolute atomic E-state index is 12.3. The van der Waals surface area contributed by atoms with E-state index in [1.165, 1.54) is 27.8 Å². The number of hydrogen-bond acceptors (Lipinski definition) is 1. The zero-order chi connectivity index (χ0) is 22.3. The van der Waals surface area contributed by atoms with Gasteiger partial charge in [0.15, 0.2) is 7.28 Å². The Labute approximate surface area is 180 Å². The van der Waals surface area contributed by atoms with Crippen LogP contribution in [0.5, 0.6) is 0 Å². The Balaban J connectivity index is 1.89. The third kappa shape index (κ3) is 7.73. The zero-order valence-corrected chi connectivity index (χ0v) is 18.5. The Morgan fingerprint density at radius 2 is 1.87 bits per heavy atom. The van der Waals surface area contributed by atoms with Crippen molar-refractivity contribution in [3.63, 3.8) is 0 Å². The van der Waals surface area contributed by atoms with Gasteiger partial charge < -0.3 is 5.32 Å². The van der Waals surface area contributed by atoms with Gasteiger partial charge >= 0.3 is 6.18 Å². The molecule has 0 fully saturated rings. The van der Waals surface area contributed by atoms with Crippen LogP contribution < -0.4 is 5.32 Å². The lowest BCUT2D eigenvalue weighted by atomic mass is 9.57. The number of hydrogen-bond donors (Lipinski definition) is 1. The van der Waals surface area contributed by atoms with E-state index in [2.05, 4.69) is 57.1 Å². The third-order valence-electron chi connectivity index (χ3n) is 6.00. The van der Waals surface area contributed by atoms with Gasteiger partial charge in [0.2, 0.25) is 0 Å². The van der Waals surface area contributed by atoms with Crippen molar-refractivity contribution in [3.05, 3.63) is 65.9 Å². The molecule has 1 aromatic rings. The minimum Gasteiger partial charge on any atom is -0.393 e. The summed E-state index contributed by atoms with van der Waals surface area (Å²) in [5.41, 5.74) is 7.15. The van der Waals surface area contributed by atoms with Crippen molar-refractivity contribution < 1.29 is 13.2 Å². The third-order valence-corrected chi connectivity index (χ3v) is 6.00. The average Bonchev–Trinajstić information content (AvgIpc) is 2.65. The van der Waals surface area contributed by atoms with Crippen LogP contribution in [-0.4, -0.2) is 19.4 Å². The molecule has 1 aliphatic heterocycles. The summed E-state index contributed by atoms with van der Waals surface area (Å²) in [6, 6.07) is 6.42. The van der Waals surface area contributed by atoms with Crippen LogP contribution in [0.3, 0.4) is 0 Å². The minimum absolute atomic E-state index is 0.0891. The maximum atomic E-state index is 12.3. The maximum Gasteiger partial charge on any atom is 0.389 e. The quantitative estimate of drug-likeness (QED) is 0.311. The molecule has 5 heteroatoms. The minimum atomic E-state index is -4.09. The monoisotopic (exact) mass is 417 g/mol. The van der Waals surface area contributed by atoms with Crippen molar-refractivity contribution in [2.75, 3.05) is 0 Å². The number of alkyl halides is 3. The first-order valence-electron chi connectivity index (χ1n) is 11.0. The standard InChI is InChI=1S/C25H35BF3N/c1-17(2)18(3)9-6-10-19(4)22-13-7-12-21-15-24(26-16-23(21)22)30-20(5)11-8-14-25(27,28)29/h7,12-13,17,24,26,30H,3-6,8-11,14-16H2,1-2H3. The second kappa shape index (κ2) is 10.9. The van der Waals surface area contributed by atoms with Gasteiger partial charge in [-0.05, 0) is 73.0 Å². The lowest BCUT2D eigenvalue weighted by Crippen LogP contribution is -2.40. The van der Waals surface area contributed by atoms with Gasteiger partial charge in [0, 0.05) is 18.1 Å². The highest BCUT2D eigenvalue weighted by Gasteiger charge is 2.26. The summed E-state index contributed by atoms with van der Waals surface area (Å²) in [7, 11) is 0.958. The van der Waals surface area contributed by atoms with Crippen LogP contribution in [0.1, 0.15) is 69.1 Å². The molecule has 1 heterocycles. The fraction of sp³-hybridized carbons (Fsp3) is 0.520. The number of benzene rings is 1. The molecule has 0 saturated heterocycles. The van der Waals surface area contributed by atoms with Crippen molar-refractivity contribution >= 4 is 12.9 Å². The zero-order valence-electron chi connectivity index (χ0n) is 18.5. The summed E-state index contributed by atoms with van der Waals surface area (Å²) in [4.78, 5) is 0. The number of rotatable bonds is 11. The van der Waals surface area contributed by atoms with E-state index in [-0.39, 0.29) is 12.4 Å². The largest absolute Gasteiger partial charge is 0.393 e. The predicted molar refractivity (Wildman–Crippen MR) is 124 cm³/mol. The highest BCUT2D eigenvalue weighted by Crippen LogP contribution is 2.30. The van der Waals surface area contributed by atoms with Gasteiger partial charge in [0.05, 0.1) is 0 Å². The van der Waals surface area contributed by atoms with Crippen LogP contribution in [0, 0.1) is 5.92 Å². The summed E-state index contributed by atoms with van der Waals surface area (Å²) in [6.45, 7) is 16.8. The molecule has 1 unspecified atom stereocenters. The molecule has 0 radical (unpaired) electrons. The lowest BCUT2D eigenvalue weighted by molar-refractivity contribution is -0.135. The number of halogens is 3. The molecule has 0 amide bonds. The van der Waals surface area contributed by atoms with E-state index in [4.69, 9.17) is 0 Å². The topological polar surface area (TPSA) is 12.0 Å². The molecule has 1 nitrogen and oxygen atoms in total. The molecule has 164 valence electrons. The van der Waals surface area contributed by atoms with E-state index in [1.807, 2.05) is 0 Å². The summed E-state index contributed by atoms with van der Waals surface area (Å²) in [6.07, 6.45) is 0.514. The number of nitrogens with one attached hydrogen (secondary N) is 1. The Bertz CT molecular complexity index is 764. The van der Waals surface area contributed by atoms with Gasteiger partial charge in [-0.3, -0.25) is 0 Å². The van der Waals surface area contributed by atoms with Crippen LogP contribution in [-0.2, 0) is 12.7 Å². The fourth-order valence-corrected chi connectivity index (χ4v) is 4.08. The Hall–Kier alpha value is -1.91. The van der Waals surface area contributed by atoms with Gasteiger partial charge in [0.25, 0.3) is 0 Å². The molecule has 0 aromatic heterocycles. The molecular weight excluding hydrogens is 382 g/mol. The van der Waals surface area contributed by atoms with Gasteiger partial charge in [0.1, 0.15) is 0 Å². The molecule has 0 spiro atoms. The lowest BCUT2D eigenvalue weighted by Gasteiger charge is -2.28. The molecule has 1 aliphatic rings. The van der Waals surface area contributed by atoms with Crippen molar-refractivity contribution in [3.8, 4) is 0 Å². The molecule has 30 heavy (non-hydrogen) atoms. The van der Waals surface area contributed by atoms with E-state index in [9.17, 15) is 13.2 Å². The average molecular weight is 417 g/mol. The highest BCUT2D eigenvalue weighted by atomic mass is 19.4.